The Morgan fingerprint density at radius 2 is 2.00 bits per heavy atom. The number of rotatable bonds is 5. The zero-order valence-electron chi connectivity index (χ0n) is 27.2. The lowest BCUT2D eigenvalue weighted by Crippen LogP contribution is -2.57. The second-order valence-corrected chi connectivity index (χ2v) is 14.4. The van der Waals surface area contributed by atoms with Crippen molar-refractivity contribution in [1.29, 1.82) is 5.26 Å². The lowest BCUT2D eigenvalue weighted by atomic mass is 9.95. The molecule has 9 rings (SSSR count). The van der Waals surface area contributed by atoms with Crippen LogP contribution in [-0.2, 0) is 0 Å². The Labute approximate surface area is 290 Å². The fourth-order valence-electron chi connectivity index (χ4n) is 8.77. The molecular formula is C35H33ClF2N10O2. The Hall–Kier alpha value is -4.87. The summed E-state index contributed by atoms with van der Waals surface area (Å²) < 4.78 is 39.2. The monoisotopic (exact) mass is 698 g/mol. The maximum atomic E-state index is 17.1. The predicted octanol–water partition coefficient (Wildman–Crippen LogP) is 5.62. The molecular weight excluding hydrogens is 666 g/mol. The van der Waals surface area contributed by atoms with E-state index in [1.165, 1.54) is 17.1 Å². The molecule has 0 saturated carbocycles. The largest absolute Gasteiger partial charge is 0.461 e. The molecule has 5 aromatic rings. The van der Waals surface area contributed by atoms with Crippen molar-refractivity contribution in [3.05, 3.63) is 58.8 Å². The van der Waals surface area contributed by atoms with Gasteiger partial charge in [0.15, 0.2) is 5.82 Å². The van der Waals surface area contributed by atoms with E-state index < -0.39 is 17.5 Å². The number of nitriles is 1. The average Bonchev–Trinajstić information content (AvgIpc) is 3.93. The molecule has 0 spiro atoms. The van der Waals surface area contributed by atoms with Crippen LogP contribution < -0.4 is 9.64 Å². The van der Waals surface area contributed by atoms with Crippen molar-refractivity contribution in [3.63, 3.8) is 0 Å². The van der Waals surface area contributed by atoms with Crippen molar-refractivity contribution in [1.82, 2.24) is 39.7 Å². The van der Waals surface area contributed by atoms with Crippen LogP contribution in [0.1, 0.15) is 43.2 Å². The highest BCUT2D eigenvalue weighted by Crippen LogP contribution is 2.44. The fraction of sp³-hybridized carbons (Fsp3) is 0.429. The number of fused-ring (bicyclic) bond motifs is 5. The molecule has 1 N–H and O–H groups in total. The number of carbonyl (C=O) groups excluding carboxylic acids is 1. The standard InChI is InChI=1S/C35H33ClF2N10O2/c1-19-3-4-21-13-40-44-30(21)27(19)28-26(36)9-25-31(29(28)38)42-33(50-18-35-7-2-8-46(35)15-22(37)10-35)43-32(25)45-16-23-5-6-24(17-45)48(23)34(49)47-14-20(11-39)12-41-47/h3-4,9,12-14,22-24H,2,5-8,10,15-18H2,1H3,(H,40,44)/t22-,23?,24?,35+/m1/s1. The second-order valence-electron chi connectivity index (χ2n) is 14.0. The van der Waals surface area contributed by atoms with E-state index in [-0.39, 0.29) is 46.8 Å². The van der Waals surface area contributed by atoms with Gasteiger partial charge in [-0.05, 0) is 50.8 Å². The molecule has 0 aliphatic carbocycles. The van der Waals surface area contributed by atoms with E-state index >= 15 is 4.39 Å². The molecule has 256 valence electrons. The van der Waals surface area contributed by atoms with Crippen LogP contribution in [0.2, 0.25) is 5.02 Å². The van der Waals surface area contributed by atoms with Gasteiger partial charge in [0.25, 0.3) is 0 Å². The van der Waals surface area contributed by atoms with Gasteiger partial charge >= 0.3 is 12.0 Å². The van der Waals surface area contributed by atoms with E-state index in [1.54, 1.807) is 12.3 Å². The van der Waals surface area contributed by atoms with Crippen LogP contribution in [0.15, 0.2) is 36.8 Å². The Bertz CT molecular complexity index is 2220. The van der Waals surface area contributed by atoms with Gasteiger partial charge in [0.05, 0.1) is 52.3 Å². The Kier molecular flexibility index (Phi) is 7.22. The Balaban J connectivity index is 1.13. The maximum Gasteiger partial charge on any atom is 0.345 e. The molecule has 4 aliphatic rings. The van der Waals surface area contributed by atoms with E-state index in [1.807, 2.05) is 30.0 Å². The normalized spacial score (nSPS) is 24.7. The summed E-state index contributed by atoms with van der Waals surface area (Å²) in [5.41, 5.74) is 2.18. The van der Waals surface area contributed by atoms with Crippen LogP contribution in [0.3, 0.4) is 0 Å². The minimum Gasteiger partial charge on any atom is -0.461 e. The molecule has 2 unspecified atom stereocenters. The molecule has 4 aliphatic heterocycles. The first-order chi connectivity index (χ1) is 24.2. The molecule has 2 bridgehead atoms. The quantitative estimate of drug-likeness (QED) is 0.249. The summed E-state index contributed by atoms with van der Waals surface area (Å²) in [5.74, 6) is -0.153. The fourth-order valence-corrected chi connectivity index (χ4v) is 9.06. The number of nitrogens with zero attached hydrogens (tertiary/aromatic N) is 9. The molecule has 50 heavy (non-hydrogen) atoms. The third-order valence-electron chi connectivity index (χ3n) is 11.1. The number of aryl methyl sites for hydroxylation is 1. The number of benzene rings is 2. The summed E-state index contributed by atoms with van der Waals surface area (Å²) in [5, 5.41) is 22.0. The molecule has 0 radical (unpaired) electrons. The number of hydrogen-bond acceptors (Lipinski definition) is 9. The zero-order chi connectivity index (χ0) is 34.3. The smallest absolute Gasteiger partial charge is 0.345 e. The number of alkyl halides is 1. The molecule has 7 heterocycles. The SMILES string of the molecule is Cc1ccc2cn[nH]c2c1-c1c(Cl)cc2c(N3CC4CCC(C3)N4C(=O)n3cc(C#N)cn3)nc(OC[C@@]34CCCN3C[C@H](F)C4)nc2c1F. The number of hydrogen-bond donors (Lipinski definition) is 1. The number of carbonyl (C=O) groups is 1. The minimum absolute atomic E-state index is 0.00565. The lowest BCUT2D eigenvalue weighted by Gasteiger charge is -2.41. The number of amides is 1. The highest BCUT2D eigenvalue weighted by molar-refractivity contribution is 6.35. The Morgan fingerprint density at radius 3 is 2.78 bits per heavy atom. The van der Waals surface area contributed by atoms with Crippen LogP contribution >= 0.6 is 11.6 Å². The number of piperazine rings is 1. The molecule has 12 nitrogen and oxygen atoms in total. The van der Waals surface area contributed by atoms with E-state index in [9.17, 15) is 14.4 Å². The van der Waals surface area contributed by atoms with Gasteiger partial charge in [-0.1, -0.05) is 23.7 Å². The van der Waals surface area contributed by atoms with E-state index in [0.29, 0.717) is 53.9 Å². The van der Waals surface area contributed by atoms with Gasteiger partial charge in [-0.2, -0.15) is 30.1 Å². The van der Waals surface area contributed by atoms with Crippen molar-refractivity contribution in [2.24, 2.45) is 0 Å². The summed E-state index contributed by atoms with van der Waals surface area (Å²) in [6.07, 6.45) is 7.23. The third kappa shape index (κ3) is 4.81. The molecule has 2 aromatic carbocycles. The number of aromatic amines is 1. The summed E-state index contributed by atoms with van der Waals surface area (Å²) in [4.78, 5) is 29.1. The summed E-state index contributed by atoms with van der Waals surface area (Å²) >= 11 is 6.96. The van der Waals surface area contributed by atoms with Crippen molar-refractivity contribution in [2.75, 3.05) is 37.7 Å². The van der Waals surface area contributed by atoms with Gasteiger partial charge in [-0.3, -0.25) is 10.00 Å². The average molecular weight is 699 g/mol. The van der Waals surface area contributed by atoms with Gasteiger partial charge in [0, 0.05) is 48.0 Å². The zero-order valence-corrected chi connectivity index (χ0v) is 28.0. The van der Waals surface area contributed by atoms with Gasteiger partial charge in [0.1, 0.15) is 30.2 Å². The lowest BCUT2D eigenvalue weighted by molar-refractivity contribution is 0.107. The van der Waals surface area contributed by atoms with Crippen LogP contribution in [0.25, 0.3) is 32.9 Å². The summed E-state index contributed by atoms with van der Waals surface area (Å²) in [6.45, 7) is 4.12. The summed E-state index contributed by atoms with van der Waals surface area (Å²) in [6, 6.07) is 6.92. The predicted molar refractivity (Wildman–Crippen MR) is 181 cm³/mol. The first kappa shape index (κ1) is 31.1. The van der Waals surface area contributed by atoms with E-state index in [2.05, 4.69) is 30.1 Å². The number of halogens is 3. The van der Waals surface area contributed by atoms with Crippen LogP contribution in [0.5, 0.6) is 6.01 Å². The van der Waals surface area contributed by atoms with Crippen LogP contribution in [-0.4, -0.2) is 102 Å². The number of ether oxygens (including phenoxy) is 1. The third-order valence-corrected chi connectivity index (χ3v) is 11.4. The molecule has 4 atom stereocenters. The van der Waals surface area contributed by atoms with Gasteiger partial charge < -0.3 is 14.5 Å². The first-order valence-corrected chi connectivity index (χ1v) is 17.3. The maximum absolute atomic E-state index is 17.1. The Morgan fingerprint density at radius 1 is 1.18 bits per heavy atom. The number of aromatic nitrogens is 6. The second kappa shape index (κ2) is 11.6. The van der Waals surface area contributed by atoms with Gasteiger partial charge in [-0.15, -0.1) is 0 Å². The molecule has 3 aromatic heterocycles. The van der Waals surface area contributed by atoms with Gasteiger partial charge in [0.2, 0.25) is 0 Å². The highest BCUT2D eigenvalue weighted by Gasteiger charge is 2.50. The van der Waals surface area contributed by atoms with Crippen molar-refractivity contribution in [3.8, 4) is 23.2 Å². The number of anilines is 1. The molecule has 4 fully saturated rings. The van der Waals surface area contributed by atoms with E-state index in [0.717, 1.165) is 43.2 Å². The minimum atomic E-state index is -0.926. The highest BCUT2D eigenvalue weighted by atomic mass is 35.5. The number of nitrogens with one attached hydrogen (secondary N) is 1. The summed E-state index contributed by atoms with van der Waals surface area (Å²) in [7, 11) is 0. The molecule has 15 heteroatoms. The van der Waals surface area contributed by atoms with Gasteiger partial charge in [-0.25, -0.2) is 13.6 Å². The first-order valence-electron chi connectivity index (χ1n) is 16.9. The topological polar surface area (TPSA) is 132 Å². The molecule has 1 amide bonds. The van der Waals surface area contributed by atoms with Crippen molar-refractivity contribution >= 4 is 45.3 Å². The van der Waals surface area contributed by atoms with Crippen LogP contribution in [0.4, 0.5) is 19.4 Å². The van der Waals surface area contributed by atoms with Crippen molar-refractivity contribution < 1.29 is 18.3 Å². The van der Waals surface area contributed by atoms with Crippen molar-refractivity contribution in [2.45, 2.75) is 62.8 Å². The molecule has 4 saturated heterocycles. The number of H-pyrrole nitrogens is 1. The van der Waals surface area contributed by atoms with E-state index in [4.69, 9.17) is 21.3 Å². The van der Waals surface area contributed by atoms with Crippen LogP contribution in [0, 0.1) is 24.1 Å².